The van der Waals surface area contributed by atoms with Crippen molar-refractivity contribution in [1.82, 2.24) is 15.0 Å². The van der Waals surface area contributed by atoms with E-state index >= 15 is 0 Å². The van der Waals surface area contributed by atoms with Gasteiger partial charge in [-0.2, -0.15) is 0 Å². The summed E-state index contributed by atoms with van der Waals surface area (Å²) in [6, 6.07) is 0. The molecule has 2 amide bonds. The maximum atomic E-state index is 10.5. The highest BCUT2D eigenvalue weighted by Crippen LogP contribution is 1.97. The third kappa shape index (κ3) is 3.21. The van der Waals surface area contributed by atoms with Crippen LogP contribution in [0.5, 0.6) is 0 Å². The molecule has 0 aromatic carbocycles. The quantitative estimate of drug-likeness (QED) is 0.578. The molecule has 1 aromatic heterocycles. The first kappa shape index (κ1) is 10.2. The summed E-state index contributed by atoms with van der Waals surface area (Å²) < 4.78 is 1.32. The number of amides is 2. The number of hydrogen-bond acceptors (Lipinski definition) is 4. The Morgan fingerprint density at radius 1 is 1.36 bits per heavy atom. The third-order valence-electron chi connectivity index (χ3n) is 1.53. The van der Waals surface area contributed by atoms with Crippen molar-refractivity contribution in [2.24, 2.45) is 11.5 Å². The van der Waals surface area contributed by atoms with E-state index in [-0.39, 0.29) is 13.0 Å². The van der Waals surface area contributed by atoms with E-state index in [1.807, 2.05) is 0 Å². The van der Waals surface area contributed by atoms with Gasteiger partial charge in [0.15, 0.2) is 0 Å². The van der Waals surface area contributed by atoms with Gasteiger partial charge in [0.05, 0.1) is 5.69 Å². The fraction of sp³-hybridized carbons (Fsp3) is 0.429. The summed E-state index contributed by atoms with van der Waals surface area (Å²) in [4.78, 5) is 21.0. The Bertz CT molecular complexity index is 346. The van der Waals surface area contributed by atoms with Crippen LogP contribution in [0.15, 0.2) is 6.20 Å². The Balaban J connectivity index is 2.50. The van der Waals surface area contributed by atoms with Crippen LogP contribution in [0.1, 0.15) is 12.1 Å². The van der Waals surface area contributed by atoms with Crippen molar-refractivity contribution in [3.05, 3.63) is 11.9 Å². The largest absolute Gasteiger partial charge is 0.370 e. The number of rotatable bonds is 5. The molecule has 76 valence electrons. The minimum absolute atomic E-state index is 0.0103. The molecule has 0 aliphatic rings. The molecule has 14 heavy (non-hydrogen) atoms. The number of aryl methyl sites for hydroxylation is 1. The molecule has 7 nitrogen and oxygen atoms in total. The summed E-state index contributed by atoms with van der Waals surface area (Å²) in [7, 11) is 0. The predicted molar refractivity (Wildman–Crippen MR) is 46.7 cm³/mol. The van der Waals surface area contributed by atoms with Crippen molar-refractivity contribution in [3.63, 3.8) is 0 Å². The number of aromatic nitrogens is 3. The minimum atomic E-state index is -0.489. The molecule has 1 rings (SSSR count). The summed E-state index contributed by atoms with van der Waals surface area (Å²) in [5.74, 6) is -0.884. The monoisotopic (exact) mass is 197 g/mol. The van der Waals surface area contributed by atoms with Gasteiger partial charge in [-0.15, -0.1) is 5.10 Å². The molecule has 4 N–H and O–H groups in total. The number of primary amides is 2. The van der Waals surface area contributed by atoms with Gasteiger partial charge >= 0.3 is 0 Å². The third-order valence-corrected chi connectivity index (χ3v) is 1.53. The van der Waals surface area contributed by atoms with Gasteiger partial charge in [0.2, 0.25) is 11.8 Å². The molecule has 0 spiro atoms. The number of hydrogen-bond donors (Lipinski definition) is 2. The molecule has 0 atom stereocenters. The summed E-state index contributed by atoms with van der Waals surface area (Å²) in [5, 5.41) is 7.39. The molecular weight excluding hydrogens is 186 g/mol. The highest BCUT2D eigenvalue weighted by Gasteiger charge is 2.04. The molecule has 7 heteroatoms. The van der Waals surface area contributed by atoms with Gasteiger partial charge in [0.1, 0.15) is 6.54 Å². The first-order valence-corrected chi connectivity index (χ1v) is 4.03. The van der Waals surface area contributed by atoms with Crippen LogP contribution in [0.3, 0.4) is 0 Å². The number of nitrogens with zero attached hydrogens (tertiary/aromatic N) is 3. The van der Waals surface area contributed by atoms with E-state index in [0.29, 0.717) is 12.1 Å². The van der Waals surface area contributed by atoms with E-state index in [1.165, 1.54) is 4.68 Å². The Labute approximate surface area is 80.1 Å². The second-order valence-corrected chi connectivity index (χ2v) is 2.84. The van der Waals surface area contributed by atoms with Crippen molar-refractivity contribution in [3.8, 4) is 0 Å². The molecular formula is C7H11N5O2. The van der Waals surface area contributed by atoms with Crippen LogP contribution in [0.25, 0.3) is 0 Å². The Kier molecular flexibility index (Phi) is 3.16. The standard InChI is InChI=1S/C7H11N5O2/c8-6(13)2-1-5-3-12(11-10-5)4-7(9)14/h3H,1-2,4H2,(H2,8,13)(H2,9,14). The molecule has 0 saturated heterocycles. The average molecular weight is 197 g/mol. The van der Waals surface area contributed by atoms with Crippen molar-refractivity contribution >= 4 is 11.8 Å². The van der Waals surface area contributed by atoms with Crippen molar-refractivity contribution in [2.45, 2.75) is 19.4 Å². The molecule has 0 radical (unpaired) electrons. The summed E-state index contributed by atoms with van der Waals surface area (Å²) >= 11 is 0. The van der Waals surface area contributed by atoms with E-state index < -0.39 is 11.8 Å². The normalized spacial score (nSPS) is 10.0. The first-order chi connectivity index (χ1) is 6.58. The van der Waals surface area contributed by atoms with Crippen LogP contribution < -0.4 is 11.5 Å². The van der Waals surface area contributed by atoms with Crippen LogP contribution in [0, 0.1) is 0 Å². The average Bonchev–Trinajstić information content (AvgIpc) is 2.47. The minimum Gasteiger partial charge on any atom is -0.370 e. The zero-order valence-corrected chi connectivity index (χ0v) is 7.51. The van der Waals surface area contributed by atoms with Crippen molar-refractivity contribution < 1.29 is 9.59 Å². The van der Waals surface area contributed by atoms with Gasteiger partial charge in [0, 0.05) is 19.0 Å². The van der Waals surface area contributed by atoms with Gasteiger partial charge in [-0.3, -0.25) is 9.59 Å². The second kappa shape index (κ2) is 4.35. The highest BCUT2D eigenvalue weighted by molar-refractivity contribution is 5.74. The van der Waals surface area contributed by atoms with Crippen molar-refractivity contribution in [2.75, 3.05) is 0 Å². The SMILES string of the molecule is NC(=O)CCc1cn(CC(N)=O)nn1. The van der Waals surface area contributed by atoms with Crippen LogP contribution in [0.4, 0.5) is 0 Å². The summed E-state index contributed by atoms with van der Waals surface area (Å²) in [6.45, 7) is -0.0103. The van der Waals surface area contributed by atoms with Crippen LogP contribution >= 0.6 is 0 Å². The second-order valence-electron chi connectivity index (χ2n) is 2.84. The summed E-state index contributed by atoms with van der Waals surface area (Å²) in [5.41, 5.74) is 10.5. The summed E-state index contributed by atoms with van der Waals surface area (Å²) in [6.07, 6.45) is 2.21. The fourth-order valence-corrected chi connectivity index (χ4v) is 0.941. The maximum Gasteiger partial charge on any atom is 0.239 e. The molecule has 1 heterocycles. The van der Waals surface area contributed by atoms with E-state index in [2.05, 4.69) is 10.3 Å². The van der Waals surface area contributed by atoms with Gasteiger partial charge < -0.3 is 11.5 Å². The topological polar surface area (TPSA) is 117 Å². The number of carbonyl (C=O) groups excluding carboxylic acids is 2. The smallest absolute Gasteiger partial charge is 0.239 e. The van der Waals surface area contributed by atoms with E-state index in [1.54, 1.807) is 6.20 Å². The Hall–Kier alpha value is -1.92. The maximum absolute atomic E-state index is 10.5. The number of nitrogens with two attached hydrogens (primary N) is 2. The Morgan fingerprint density at radius 3 is 2.64 bits per heavy atom. The predicted octanol–water partition coefficient (Wildman–Crippen LogP) is -1.82. The highest BCUT2D eigenvalue weighted by atomic mass is 16.1. The molecule has 0 saturated carbocycles. The zero-order valence-electron chi connectivity index (χ0n) is 7.51. The Morgan fingerprint density at radius 2 is 2.07 bits per heavy atom. The lowest BCUT2D eigenvalue weighted by atomic mass is 10.2. The fourth-order valence-electron chi connectivity index (χ4n) is 0.941. The first-order valence-electron chi connectivity index (χ1n) is 4.03. The molecule has 0 fully saturated rings. The van der Waals surface area contributed by atoms with E-state index in [4.69, 9.17) is 11.5 Å². The van der Waals surface area contributed by atoms with Crippen LogP contribution in [-0.4, -0.2) is 26.8 Å². The molecule has 0 aliphatic carbocycles. The molecule has 0 unspecified atom stereocenters. The molecule has 1 aromatic rings. The molecule has 0 aliphatic heterocycles. The van der Waals surface area contributed by atoms with Gasteiger partial charge in [-0.05, 0) is 0 Å². The number of carbonyl (C=O) groups is 2. The van der Waals surface area contributed by atoms with E-state index in [0.717, 1.165) is 0 Å². The zero-order chi connectivity index (χ0) is 10.6. The lowest BCUT2D eigenvalue weighted by Gasteiger charge is -1.92. The van der Waals surface area contributed by atoms with Gasteiger partial charge in [-0.25, -0.2) is 4.68 Å². The van der Waals surface area contributed by atoms with E-state index in [9.17, 15) is 9.59 Å². The lowest BCUT2D eigenvalue weighted by Crippen LogP contribution is -2.18. The van der Waals surface area contributed by atoms with Gasteiger partial charge in [0.25, 0.3) is 0 Å². The molecule has 0 bridgehead atoms. The van der Waals surface area contributed by atoms with Crippen LogP contribution in [-0.2, 0) is 22.6 Å². The lowest BCUT2D eigenvalue weighted by molar-refractivity contribution is -0.119. The van der Waals surface area contributed by atoms with Gasteiger partial charge in [-0.1, -0.05) is 5.21 Å². The van der Waals surface area contributed by atoms with Crippen molar-refractivity contribution in [1.29, 1.82) is 0 Å². The van der Waals surface area contributed by atoms with Crippen LogP contribution in [0.2, 0.25) is 0 Å².